The van der Waals surface area contributed by atoms with Crippen LogP contribution in [0.3, 0.4) is 0 Å². The molecule has 1 heterocycles. The summed E-state index contributed by atoms with van der Waals surface area (Å²) >= 11 is 0. The van der Waals surface area contributed by atoms with E-state index in [4.69, 9.17) is 9.47 Å². The zero-order valence-electron chi connectivity index (χ0n) is 12.4. The van der Waals surface area contributed by atoms with Gasteiger partial charge in [-0.3, -0.25) is 4.79 Å². The predicted octanol–water partition coefficient (Wildman–Crippen LogP) is 1.86. The first-order valence-corrected chi connectivity index (χ1v) is 6.80. The molecule has 1 unspecified atom stereocenters. The molecule has 1 N–H and O–H groups in total. The maximum atomic E-state index is 11.6. The molecule has 0 aromatic heterocycles. The van der Waals surface area contributed by atoms with Crippen molar-refractivity contribution in [1.82, 2.24) is 5.32 Å². The van der Waals surface area contributed by atoms with E-state index >= 15 is 0 Å². The molecule has 1 amide bonds. The molecule has 0 bridgehead atoms. The number of fused-ring (bicyclic) bond motifs is 1. The maximum absolute atomic E-state index is 11.6. The molecule has 21 heavy (non-hydrogen) atoms. The van der Waals surface area contributed by atoms with E-state index < -0.39 is 0 Å². The van der Waals surface area contributed by atoms with Crippen LogP contribution < -0.4 is 10.1 Å². The van der Waals surface area contributed by atoms with Crippen molar-refractivity contribution in [2.24, 2.45) is 0 Å². The quantitative estimate of drug-likeness (QED) is 0.679. The van der Waals surface area contributed by atoms with Crippen molar-refractivity contribution in [1.29, 1.82) is 0 Å². The van der Waals surface area contributed by atoms with E-state index in [0.717, 1.165) is 16.9 Å². The Morgan fingerprint density at radius 2 is 2.19 bits per heavy atom. The number of ether oxygens (including phenoxy) is 2. The molecule has 112 valence electrons. The van der Waals surface area contributed by atoms with Crippen molar-refractivity contribution < 1.29 is 19.1 Å². The highest BCUT2D eigenvalue weighted by Gasteiger charge is 2.24. The first-order valence-electron chi connectivity index (χ1n) is 6.80. The van der Waals surface area contributed by atoms with E-state index in [2.05, 4.69) is 5.32 Å². The number of amides is 1. The first-order chi connectivity index (χ1) is 9.99. The van der Waals surface area contributed by atoms with E-state index in [1.54, 1.807) is 24.3 Å². The van der Waals surface area contributed by atoms with E-state index in [9.17, 15) is 9.59 Å². The highest BCUT2D eigenvalue weighted by molar-refractivity contribution is 5.90. The van der Waals surface area contributed by atoms with Crippen LogP contribution in [-0.4, -0.2) is 31.6 Å². The molecule has 0 aliphatic carbocycles. The fourth-order valence-electron chi connectivity index (χ4n) is 2.21. The lowest BCUT2D eigenvalue weighted by Crippen LogP contribution is -2.33. The normalized spacial score (nSPS) is 15.7. The van der Waals surface area contributed by atoms with Crippen molar-refractivity contribution in [3.63, 3.8) is 0 Å². The number of carbonyl (C=O) groups excluding carboxylic acids is 2. The van der Waals surface area contributed by atoms with Crippen LogP contribution in [-0.2, 0) is 16.0 Å². The van der Waals surface area contributed by atoms with Crippen LogP contribution in [0.25, 0.3) is 0 Å². The van der Waals surface area contributed by atoms with E-state index in [0.29, 0.717) is 18.5 Å². The van der Waals surface area contributed by atoms with Gasteiger partial charge in [0, 0.05) is 12.5 Å². The Kier molecular flexibility index (Phi) is 4.62. The summed E-state index contributed by atoms with van der Waals surface area (Å²) < 4.78 is 10.4. The van der Waals surface area contributed by atoms with Gasteiger partial charge in [-0.2, -0.15) is 0 Å². The molecular weight excluding hydrogens is 270 g/mol. The zero-order valence-corrected chi connectivity index (χ0v) is 12.4. The summed E-state index contributed by atoms with van der Waals surface area (Å²) in [5, 5.41) is 2.81. The largest absolute Gasteiger partial charge is 0.488 e. The Morgan fingerprint density at radius 1 is 1.43 bits per heavy atom. The van der Waals surface area contributed by atoms with Crippen LogP contribution in [0, 0.1) is 0 Å². The summed E-state index contributed by atoms with van der Waals surface area (Å²) in [7, 11) is 1.35. The van der Waals surface area contributed by atoms with Gasteiger partial charge in [-0.05, 0) is 37.6 Å². The van der Waals surface area contributed by atoms with E-state index in [1.807, 2.05) is 13.8 Å². The van der Waals surface area contributed by atoms with Crippen LogP contribution in [0.5, 0.6) is 5.75 Å². The Bertz CT molecular complexity index is 588. The lowest BCUT2D eigenvalue weighted by molar-refractivity contribution is -0.116. The van der Waals surface area contributed by atoms with Gasteiger partial charge in [-0.15, -0.1) is 0 Å². The van der Waals surface area contributed by atoms with Crippen LogP contribution in [0.1, 0.15) is 29.8 Å². The van der Waals surface area contributed by atoms with Gasteiger partial charge in [-0.1, -0.05) is 5.57 Å². The minimum atomic E-state index is -0.363. The second-order valence-electron chi connectivity index (χ2n) is 5.22. The summed E-state index contributed by atoms with van der Waals surface area (Å²) in [5.41, 5.74) is 2.42. The number of esters is 1. The number of carbonyl (C=O) groups is 2. The molecule has 1 atom stereocenters. The van der Waals surface area contributed by atoms with Crippen molar-refractivity contribution in [2.75, 3.05) is 13.7 Å². The third kappa shape index (κ3) is 3.84. The monoisotopic (exact) mass is 289 g/mol. The minimum absolute atomic E-state index is 0.109. The molecule has 5 heteroatoms. The third-order valence-electron chi connectivity index (χ3n) is 3.15. The maximum Gasteiger partial charge on any atom is 0.337 e. The minimum Gasteiger partial charge on any atom is -0.488 e. The topological polar surface area (TPSA) is 64.6 Å². The Labute approximate surface area is 123 Å². The van der Waals surface area contributed by atoms with Crippen LogP contribution in [0.2, 0.25) is 0 Å². The number of benzene rings is 1. The Balaban J connectivity index is 1.95. The summed E-state index contributed by atoms with van der Waals surface area (Å²) in [5.74, 6) is 0.270. The molecule has 1 aromatic rings. The number of hydrogen-bond donors (Lipinski definition) is 1. The lowest BCUT2D eigenvalue weighted by atomic mass is 10.1. The molecule has 0 spiro atoms. The SMILES string of the molecule is COC(=O)c1ccc2c(c1)CC(CNC(=O)C=C(C)C)O2. The molecule has 1 aliphatic heterocycles. The average Bonchev–Trinajstić information content (AvgIpc) is 2.85. The fourth-order valence-corrected chi connectivity index (χ4v) is 2.21. The molecular formula is C16H19NO4. The number of methoxy groups -OCH3 is 1. The molecule has 1 aliphatic rings. The fraction of sp³-hybridized carbons (Fsp3) is 0.375. The van der Waals surface area contributed by atoms with Gasteiger partial charge in [0.15, 0.2) is 0 Å². The summed E-state index contributed by atoms with van der Waals surface area (Å²) in [6.07, 6.45) is 2.11. The highest BCUT2D eigenvalue weighted by Crippen LogP contribution is 2.29. The second kappa shape index (κ2) is 6.43. The average molecular weight is 289 g/mol. The van der Waals surface area contributed by atoms with Crippen LogP contribution >= 0.6 is 0 Å². The Hall–Kier alpha value is -2.30. The number of hydrogen-bond acceptors (Lipinski definition) is 4. The van der Waals surface area contributed by atoms with Gasteiger partial charge < -0.3 is 14.8 Å². The molecule has 1 aromatic carbocycles. The summed E-state index contributed by atoms with van der Waals surface area (Å²) in [4.78, 5) is 23.0. The van der Waals surface area contributed by atoms with Gasteiger partial charge in [0.2, 0.25) is 5.91 Å². The van der Waals surface area contributed by atoms with E-state index in [1.165, 1.54) is 7.11 Å². The van der Waals surface area contributed by atoms with Gasteiger partial charge in [0.25, 0.3) is 0 Å². The second-order valence-corrected chi connectivity index (χ2v) is 5.22. The van der Waals surface area contributed by atoms with E-state index in [-0.39, 0.29) is 18.0 Å². The zero-order chi connectivity index (χ0) is 15.4. The summed E-state index contributed by atoms with van der Waals surface area (Å²) in [6, 6.07) is 5.22. The predicted molar refractivity (Wildman–Crippen MR) is 78.3 cm³/mol. The first kappa shape index (κ1) is 15.1. The van der Waals surface area contributed by atoms with Crippen molar-refractivity contribution in [3.8, 4) is 5.75 Å². The molecule has 0 radical (unpaired) electrons. The van der Waals surface area contributed by atoms with Gasteiger partial charge in [0.1, 0.15) is 11.9 Å². The lowest BCUT2D eigenvalue weighted by Gasteiger charge is -2.10. The third-order valence-corrected chi connectivity index (χ3v) is 3.15. The molecule has 2 rings (SSSR count). The highest BCUT2D eigenvalue weighted by atomic mass is 16.5. The van der Waals surface area contributed by atoms with Crippen LogP contribution in [0.15, 0.2) is 29.8 Å². The van der Waals surface area contributed by atoms with Crippen molar-refractivity contribution in [2.45, 2.75) is 26.4 Å². The molecule has 0 fully saturated rings. The van der Waals surface area contributed by atoms with Crippen molar-refractivity contribution >= 4 is 11.9 Å². The van der Waals surface area contributed by atoms with Gasteiger partial charge in [-0.25, -0.2) is 4.79 Å². The number of rotatable bonds is 4. The smallest absolute Gasteiger partial charge is 0.337 e. The Morgan fingerprint density at radius 3 is 2.86 bits per heavy atom. The van der Waals surface area contributed by atoms with Crippen LogP contribution in [0.4, 0.5) is 0 Å². The van der Waals surface area contributed by atoms with Gasteiger partial charge in [0.05, 0.1) is 19.2 Å². The summed E-state index contributed by atoms with van der Waals surface area (Å²) in [6.45, 7) is 4.18. The molecule has 5 nitrogen and oxygen atoms in total. The van der Waals surface area contributed by atoms with Crippen molar-refractivity contribution in [3.05, 3.63) is 41.0 Å². The molecule has 0 saturated heterocycles. The number of nitrogens with one attached hydrogen (secondary N) is 1. The number of allylic oxidation sites excluding steroid dienone is 1. The van der Waals surface area contributed by atoms with Gasteiger partial charge >= 0.3 is 5.97 Å². The molecule has 0 saturated carbocycles. The standard InChI is InChI=1S/C16H19NO4/c1-10(2)6-15(18)17-9-13-8-12-7-11(16(19)20-3)4-5-14(12)21-13/h4-7,13H,8-9H2,1-3H3,(H,17,18).